The fraction of sp³-hybridized carbons (Fsp3) is 0.615. The summed E-state index contributed by atoms with van der Waals surface area (Å²) in [5.74, 6) is 1.08. The third-order valence-corrected chi connectivity index (χ3v) is 3.42. The van der Waals surface area contributed by atoms with Crippen molar-refractivity contribution in [1.82, 2.24) is 9.55 Å². The van der Waals surface area contributed by atoms with Crippen LogP contribution in [-0.4, -0.2) is 14.9 Å². The second-order valence-electron chi connectivity index (χ2n) is 5.29. The molecule has 2 rings (SSSR count). The van der Waals surface area contributed by atoms with E-state index in [1.807, 2.05) is 12.4 Å². The molecule has 1 heterocycles. The Morgan fingerprint density at radius 1 is 1.56 bits per heavy atom. The van der Waals surface area contributed by atoms with Crippen molar-refractivity contribution in [3.05, 3.63) is 24.3 Å². The van der Waals surface area contributed by atoms with E-state index in [4.69, 9.17) is 11.6 Å². The monoisotopic (exact) mass is 238 g/mol. The van der Waals surface area contributed by atoms with Gasteiger partial charge in [0.2, 0.25) is 0 Å². The molecule has 0 saturated carbocycles. The zero-order valence-electron chi connectivity index (χ0n) is 10.2. The first-order valence-corrected chi connectivity index (χ1v) is 6.32. The van der Waals surface area contributed by atoms with Crippen molar-refractivity contribution in [2.24, 2.45) is 5.41 Å². The minimum absolute atomic E-state index is 0.140. The number of aryl methyl sites for hydroxylation is 1. The number of halogens is 1. The zero-order chi connectivity index (χ0) is 11.8. The molecular weight excluding hydrogens is 220 g/mol. The molecule has 1 unspecified atom stereocenters. The van der Waals surface area contributed by atoms with Gasteiger partial charge in [0, 0.05) is 18.9 Å². The number of allylic oxidation sites excluding steroid dienone is 2. The van der Waals surface area contributed by atoms with E-state index in [9.17, 15) is 0 Å². The van der Waals surface area contributed by atoms with E-state index in [2.05, 4.69) is 36.4 Å². The van der Waals surface area contributed by atoms with Gasteiger partial charge in [0.15, 0.2) is 0 Å². The molecule has 0 aliphatic heterocycles. The van der Waals surface area contributed by atoms with E-state index < -0.39 is 0 Å². The molecule has 16 heavy (non-hydrogen) atoms. The quantitative estimate of drug-likeness (QED) is 0.719. The Bertz CT molecular complexity index is 404. The molecule has 0 spiro atoms. The molecule has 3 heteroatoms. The predicted octanol–water partition coefficient (Wildman–Crippen LogP) is 3.71. The lowest BCUT2D eigenvalue weighted by molar-refractivity contribution is 0.339. The van der Waals surface area contributed by atoms with E-state index in [1.165, 1.54) is 5.57 Å². The lowest BCUT2D eigenvalue weighted by Crippen LogP contribution is -2.22. The molecule has 0 fully saturated rings. The molecule has 1 aliphatic carbocycles. The van der Waals surface area contributed by atoms with E-state index in [-0.39, 0.29) is 10.8 Å². The fourth-order valence-electron chi connectivity index (χ4n) is 2.46. The van der Waals surface area contributed by atoms with Crippen LogP contribution in [0.1, 0.15) is 39.4 Å². The van der Waals surface area contributed by atoms with Gasteiger partial charge in [-0.3, -0.25) is 0 Å². The molecule has 0 radical (unpaired) electrons. The first-order chi connectivity index (χ1) is 7.52. The minimum atomic E-state index is 0.140. The van der Waals surface area contributed by atoms with Gasteiger partial charge in [-0.1, -0.05) is 19.9 Å². The Hall–Kier alpha value is -0.760. The molecular formula is C13H19ClN2. The summed E-state index contributed by atoms with van der Waals surface area (Å²) >= 11 is 6.29. The topological polar surface area (TPSA) is 17.8 Å². The normalized spacial score (nSPS) is 24.2. The summed E-state index contributed by atoms with van der Waals surface area (Å²) in [6.07, 6.45) is 8.17. The van der Waals surface area contributed by atoms with Gasteiger partial charge in [-0.15, -0.1) is 11.6 Å². The number of nitrogens with zero attached hydrogens (tertiary/aromatic N) is 2. The summed E-state index contributed by atoms with van der Waals surface area (Å²) < 4.78 is 2.18. The first-order valence-electron chi connectivity index (χ1n) is 5.88. The van der Waals surface area contributed by atoms with Crippen molar-refractivity contribution in [3.8, 4) is 0 Å². The molecule has 88 valence electrons. The molecule has 0 saturated heterocycles. The smallest absolute Gasteiger partial charge is 0.135 e. The summed E-state index contributed by atoms with van der Waals surface area (Å²) in [7, 11) is 0. The lowest BCUT2D eigenvalue weighted by atomic mass is 9.77. The summed E-state index contributed by atoms with van der Waals surface area (Å²) in [4.78, 5) is 4.45. The average Bonchev–Trinajstić information content (AvgIpc) is 2.61. The van der Waals surface area contributed by atoms with Crippen LogP contribution in [0, 0.1) is 5.41 Å². The minimum Gasteiger partial charge on any atom is -0.332 e. The van der Waals surface area contributed by atoms with Gasteiger partial charge in [-0.2, -0.15) is 0 Å². The van der Waals surface area contributed by atoms with E-state index >= 15 is 0 Å². The number of aromatic nitrogens is 2. The van der Waals surface area contributed by atoms with Gasteiger partial charge in [0.25, 0.3) is 0 Å². The van der Waals surface area contributed by atoms with Crippen LogP contribution in [0.15, 0.2) is 18.5 Å². The number of alkyl halides is 1. The van der Waals surface area contributed by atoms with Crippen molar-refractivity contribution in [1.29, 1.82) is 0 Å². The highest BCUT2D eigenvalue weighted by Crippen LogP contribution is 2.40. The van der Waals surface area contributed by atoms with Crippen LogP contribution < -0.4 is 0 Å². The average molecular weight is 239 g/mol. The van der Waals surface area contributed by atoms with Crippen molar-refractivity contribution in [2.75, 3.05) is 0 Å². The van der Waals surface area contributed by atoms with Crippen molar-refractivity contribution < 1.29 is 0 Å². The van der Waals surface area contributed by atoms with E-state index in [1.54, 1.807) is 0 Å². The summed E-state index contributed by atoms with van der Waals surface area (Å²) in [6.45, 7) is 7.64. The molecule has 0 N–H and O–H groups in total. The molecule has 0 bridgehead atoms. The van der Waals surface area contributed by atoms with Crippen LogP contribution in [0.4, 0.5) is 0 Å². The molecule has 2 nitrogen and oxygen atoms in total. The number of rotatable bonds is 2. The van der Waals surface area contributed by atoms with Gasteiger partial charge < -0.3 is 4.57 Å². The van der Waals surface area contributed by atoms with Gasteiger partial charge in [0.05, 0.1) is 5.38 Å². The second-order valence-corrected chi connectivity index (χ2v) is 5.85. The van der Waals surface area contributed by atoms with Crippen molar-refractivity contribution in [3.63, 3.8) is 0 Å². The van der Waals surface area contributed by atoms with E-state index in [0.29, 0.717) is 0 Å². The Balaban J connectivity index is 2.34. The van der Waals surface area contributed by atoms with E-state index in [0.717, 1.165) is 25.2 Å². The van der Waals surface area contributed by atoms with Crippen molar-refractivity contribution >= 4 is 17.2 Å². The standard InChI is InChI=1S/C13H19ClN2/c1-4-16-6-5-15-12(16)10-7-11(14)9-13(2,3)8-10/h5-7,11H,4,8-9H2,1-3H3. The fourth-order valence-corrected chi connectivity index (χ4v) is 3.03. The van der Waals surface area contributed by atoms with Gasteiger partial charge in [-0.25, -0.2) is 4.98 Å². The zero-order valence-corrected chi connectivity index (χ0v) is 11.0. The first kappa shape index (κ1) is 11.7. The molecule has 1 aromatic rings. The SMILES string of the molecule is CCn1ccnc1C1=CC(Cl)CC(C)(C)C1. The summed E-state index contributed by atoms with van der Waals surface area (Å²) in [5, 5.41) is 0.140. The number of imidazole rings is 1. The largest absolute Gasteiger partial charge is 0.332 e. The Morgan fingerprint density at radius 3 is 2.94 bits per heavy atom. The van der Waals surface area contributed by atoms with Crippen LogP contribution in [0.2, 0.25) is 0 Å². The highest BCUT2D eigenvalue weighted by molar-refractivity contribution is 6.22. The van der Waals surface area contributed by atoms with Crippen molar-refractivity contribution in [2.45, 2.75) is 45.5 Å². The summed E-state index contributed by atoms with van der Waals surface area (Å²) in [6, 6.07) is 0. The molecule has 0 aromatic carbocycles. The molecule has 1 aliphatic rings. The molecule has 1 atom stereocenters. The second kappa shape index (κ2) is 4.25. The van der Waals surface area contributed by atoms with Crippen LogP contribution in [-0.2, 0) is 6.54 Å². The Labute approximate surface area is 102 Å². The Morgan fingerprint density at radius 2 is 2.31 bits per heavy atom. The lowest BCUT2D eigenvalue weighted by Gasteiger charge is -2.32. The van der Waals surface area contributed by atoms with Gasteiger partial charge in [0.1, 0.15) is 5.82 Å². The summed E-state index contributed by atoms with van der Waals surface area (Å²) in [5.41, 5.74) is 1.57. The molecule has 0 amide bonds. The molecule has 1 aromatic heterocycles. The number of hydrogen-bond donors (Lipinski definition) is 0. The van der Waals surface area contributed by atoms with Crippen LogP contribution in [0.5, 0.6) is 0 Å². The van der Waals surface area contributed by atoms with Crippen LogP contribution >= 0.6 is 11.6 Å². The third-order valence-electron chi connectivity index (χ3n) is 3.14. The Kier molecular flexibility index (Phi) is 3.11. The van der Waals surface area contributed by atoms with Gasteiger partial charge in [-0.05, 0) is 30.8 Å². The maximum Gasteiger partial charge on any atom is 0.135 e. The highest BCUT2D eigenvalue weighted by Gasteiger charge is 2.29. The highest BCUT2D eigenvalue weighted by atomic mass is 35.5. The predicted molar refractivity (Wildman–Crippen MR) is 68.5 cm³/mol. The maximum atomic E-state index is 6.29. The number of hydrogen-bond acceptors (Lipinski definition) is 1. The maximum absolute atomic E-state index is 6.29. The third kappa shape index (κ3) is 2.32. The van der Waals surface area contributed by atoms with Crippen LogP contribution in [0.3, 0.4) is 0 Å². The van der Waals surface area contributed by atoms with Gasteiger partial charge >= 0.3 is 0 Å². The van der Waals surface area contributed by atoms with Crippen LogP contribution in [0.25, 0.3) is 5.57 Å².